The normalized spacial score (nSPS) is 10.3. The highest BCUT2D eigenvalue weighted by atomic mass is 79.9. The fourth-order valence-electron chi connectivity index (χ4n) is 3.53. The van der Waals surface area contributed by atoms with Crippen LogP contribution in [-0.2, 0) is 13.1 Å². The number of carbonyl (C=O) groups is 2. The van der Waals surface area contributed by atoms with Crippen molar-refractivity contribution in [2.45, 2.75) is 13.1 Å². The zero-order chi connectivity index (χ0) is 22.6. The molecule has 35 heavy (non-hydrogen) atoms. The lowest BCUT2D eigenvalue weighted by atomic mass is 10.1. The van der Waals surface area contributed by atoms with Gasteiger partial charge in [0.25, 0.3) is 0 Å². The highest BCUT2D eigenvalue weighted by Crippen LogP contribution is 2.22. The van der Waals surface area contributed by atoms with Crippen molar-refractivity contribution in [3.63, 3.8) is 0 Å². The summed E-state index contributed by atoms with van der Waals surface area (Å²) in [6.07, 6.45) is 7.63. The summed E-state index contributed by atoms with van der Waals surface area (Å²) in [6.45, 7) is 0.564. The van der Waals surface area contributed by atoms with Gasteiger partial charge in [-0.15, -0.1) is 22.7 Å². The quantitative estimate of drug-likeness (QED) is 0.163. The fourth-order valence-corrected chi connectivity index (χ4v) is 4.84. The number of hydrogen-bond donors (Lipinski definition) is 1. The minimum absolute atomic E-state index is 0. The summed E-state index contributed by atoms with van der Waals surface area (Å²) in [7, 11) is 0. The van der Waals surface area contributed by atoms with E-state index in [2.05, 4.69) is 10.2 Å². The summed E-state index contributed by atoms with van der Waals surface area (Å²) >= 11 is 2.91. The topological polar surface area (TPSA) is 70.6 Å². The van der Waals surface area contributed by atoms with Gasteiger partial charge in [-0.1, -0.05) is 12.1 Å². The van der Waals surface area contributed by atoms with Gasteiger partial charge in [-0.3, -0.25) is 14.7 Å². The first-order valence-corrected chi connectivity index (χ1v) is 12.1. The number of thiophene rings is 2. The third-order valence-electron chi connectivity index (χ3n) is 5.15. The number of halogens is 2. The van der Waals surface area contributed by atoms with Crippen LogP contribution < -0.4 is 43.1 Å². The summed E-state index contributed by atoms with van der Waals surface area (Å²) in [4.78, 5) is 26.4. The molecule has 0 fully saturated rings. The molecule has 0 spiro atoms. The van der Waals surface area contributed by atoms with E-state index in [4.69, 9.17) is 0 Å². The number of nitrogens with one attached hydrogen (secondary N) is 1. The van der Waals surface area contributed by atoms with Crippen LogP contribution in [0.15, 0.2) is 90.1 Å². The predicted molar refractivity (Wildman–Crippen MR) is 127 cm³/mol. The summed E-state index contributed by atoms with van der Waals surface area (Å²) in [5.74, 6) is 0.171. The zero-order valence-corrected chi connectivity index (χ0v) is 23.1. The number of ketones is 2. The molecule has 1 N–H and O–H groups in total. The molecule has 0 saturated heterocycles. The monoisotopic (exact) mass is 630 g/mol. The van der Waals surface area contributed by atoms with Crippen molar-refractivity contribution in [1.82, 2.24) is 10.2 Å². The van der Waals surface area contributed by atoms with Gasteiger partial charge < -0.3 is 34.0 Å². The average Bonchev–Trinajstić information content (AvgIpc) is 3.62. The number of pyridine rings is 2. The summed E-state index contributed by atoms with van der Waals surface area (Å²) in [5.41, 5.74) is 3.49. The highest BCUT2D eigenvalue weighted by molar-refractivity contribution is 7.12. The smallest absolute Gasteiger partial charge is 0.237 e. The summed E-state index contributed by atoms with van der Waals surface area (Å²) < 4.78 is 3.75. The largest absolute Gasteiger partial charge is 1.00 e. The molecule has 6 nitrogen and oxygen atoms in total. The van der Waals surface area contributed by atoms with E-state index in [-0.39, 0.29) is 58.6 Å². The van der Waals surface area contributed by atoms with Gasteiger partial charge in [-0.05, 0) is 41.1 Å². The minimum atomic E-state index is 0. The molecule has 10 heteroatoms. The maximum atomic E-state index is 12.4. The molecule has 0 atom stereocenters. The molecular formula is C25H20Br2N4O2S2. The number of rotatable bonds is 8. The molecule has 5 heterocycles. The lowest BCUT2D eigenvalue weighted by Crippen LogP contribution is -3.00. The molecule has 178 valence electrons. The number of hydrogen-bond acceptors (Lipinski definition) is 5. The van der Waals surface area contributed by atoms with E-state index >= 15 is 0 Å². The van der Waals surface area contributed by atoms with Crippen molar-refractivity contribution in [3.05, 3.63) is 99.9 Å². The molecule has 0 aliphatic rings. The Morgan fingerprint density at radius 2 is 1.31 bits per heavy atom. The maximum absolute atomic E-state index is 12.4. The van der Waals surface area contributed by atoms with Crippen molar-refractivity contribution in [2.24, 2.45) is 0 Å². The Morgan fingerprint density at radius 3 is 1.86 bits per heavy atom. The number of carbonyl (C=O) groups excluding carboxylic acids is 2. The van der Waals surface area contributed by atoms with Crippen LogP contribution in [0.5, 0.6) is 0 Å². The number of H-pyrrole nitrogens is 1. The van der Waals surface area contributed by atoms with Gasteiger partial charge in [0.15, 0.2) is 24.8 Å². The number of aromatic nitrogens is 4. The molecule has 5 rings (SSSR count). The Balaban J connectivity index is 0.00000171. The molecular weight excluding hydrogens is 612 g/mol. The Labute approximate surface area is 231 Å². The molecule has 0 aliphatic carbocycles. The van der Waals surface area contributed by atoms with E-state index in [1.165, 1.54) is 22.7 Å². The van der Waals surface area contributed by atoms with E-state index < -0.39 is 0 Å². The van der Waals surface area contributed by atoms with Crippen LogP contribution in [0.25, 0.3) is 22.5 Å². The first kappa shape index (κ1) is 26.8. The molecule has 5 aromatic rings. The Hall–Kier alpha value is -2.79. The van der Waals surface area contributed by atoms with Crippen LogP contribution in [0.2, 0.25) is 0 Å². The van der Waals surface area contributed by atoms with Crippen LogP contribution in [-0.4, -0.2) is 21.8 Å². The predicted octanol–water partition coefficient (Wildman–Crippen LogP) is -1.78. The Morgan fingerprint density at radius 1 is 0.771 bits per heavy atom. The molecule has 0 saturated carbocycles. The van der Waals surface area contributed by atoms with Gasteiger partial charge in [0.05, 0.1) is 32.3 Å². The first-order valence-electron chi connectivity index (χ1n) is 10.3. The zero-order valence-electron chi connectivity index (χ0n) is 18.3. The lowest BCUT2D eigenvalue weighted by molar-refractivity contribution is -0.682. The van der Waals surface area contributed by atoms with Crippen molar-refractivity contribution >= 4 is 34.2 Å². The van der Waals surface area contributed by atoms with E-state index in [0.29, 0.717) is 0 Å². The van der Waals surface area contributed by atoms with Crippen LogP contribution in [0.1, 0.15) is 19.3 Å². The van der Waals surface area contributed by atoms with Crippen molar-refractivity contribution in [2.75, 3.05) is 0 Å². The summed E-state index contributed by atoms with van der Waals surface area (Å²) in [5, 5.41) is 11.4. The van der Waals surface area contributed by atoms with Gasteiger partial charge in [0, 0.05) is 12.1 Å². The molecule has 0 bridgehead atoms. The molecule has 0 amide bonds. The van der Waals surface area contributed by atoms with Crippen LogP contribution >= 0.6 is 22.7 Å². The molecule has 5 aromatic heterocycles. The molecule has 0 radical (unpaired) electrons. The number of aromatic amines is 1. The average molecular weight is 632 g/mol. The summed E-state index contributed by atoms with van der Waals surface area (Å²) in [6, 6.07) is 17.2. The lowest BCUT2D eigenvalue weighted by Gasteiger charge is -1.99. The van der Waals surface area contributed by atoms with Gasteiger partial charge in [0.2, 0.25) is 24.7 Å². The standard InChI is InChI=1S/C25H20N4O2S2.2BrH/c30-22(24-7-3-11-32-24)16-28-9-1-5-18(14-28)20-13-21(27-26-20)19-6-2-10-29(15-19)17-23(31)25-8-4-12-33-25;;/h1-15H,16-17H2,(H,26,27);2*1H/q+2;;/p-2. The SMILES string of the molecule is O=C(C[n+]1cccc(-c2cc(-c3ccc[n+](CC(=O)c4cccs4)c3)[nH]n2)c1)c1cccs1.[Br-].[Br-]. The first-order chi connectivity index (χ1) is 16.2. The highest BCUT2D eigenvalue weighted by Gasteiger charge is 2.17. The van der Waals surface area contributed by atoms with Gasteiger partial charge in [-0.25, -0.2) is 0 Å². The van der Waals surface area contributed by atoms with Crippen molar-refractivity contribution < 1.29 is 52.7 Å². The molecule has 0 unspecified atom stereocenters. The second kappa shape index (κ2) is 12.3. The van der Waals surface area contributed by atoms with Crippen LogP contribution in [0.3, 0.4) is 0 Å². The Bertz CT molecular complexity index is 1310. The van der Waals surface area contributed by atoms with Gasteiger partial charge >= 0.3 is 0 Å². The minimum Gasteiger partial charge on any atom is -1.00 e. The van der Waals surface area contributed by atoms with E-state index in [1.54, 1.807) is 0 Å². The van der Waals surface area contributed by atoms with Gasteiger partial charge in [0.1, 0.15) is 0 Å². The van der Waals surface area contributed by atoms with E-state index in [1.807, 2.05) is 99.3 Å². The Kier molecular flexibility index (Phi) is 9.39. The van der Waals surface area contributed by atoms with Crippen LogP contribution in [0, 0.1) is 0 Å². The van der Waals surface area contributed by atoms with E-state index in [0.717, 1.165) is 32.3 Å². The number of Topliss-reactive ketones (excluding diaryl/α,β-unsaturated/α-hetero) is 2. The van der Waals surface area contributed by atoms with Gasteiger partial charge in [-0.2, -0.15) is 14.2 Å². The van der Waals surface area contributed by atoms with Crippen molar-refractivity contribution in [1.29, 1.82) is 0 Å². The van der Waals surface area contributed by atoms with Crippen LogP contribution in [0.4, 0.5) is 0 Å². The third-order valence-corrected chi connectivity index (χ3v) is 6.97. The second-order valence-electron chi connectivity index (χ2n) is 7.50. The van der Waals surface area contributed by atoms with Crippen molar-refractivity contribution in [3.8, 4) is 22.5 Å². The van der Waals surface area contributed by atoms with E-state index in [9.17, 15) is 9.59 Å². The number of nitrogens with zero attached hydrogens (tertiary/aromatic N) is 3. The molecule has 0 aromatic carbocycles. The maximum Gasteiger partial charge on any atom is 0.237 e. The second-order valence-corrected chi connectivity index (χ2v) is 9.39. The fraction of sp³-hybridized carbons (Fsp3) is 0.0800. The third kappa shape index (κ3) is 6.46. The molecule has 0 aliphatic heterocycles.